The van der Waals surface area contributed by atoms with Crippen LogP contribution in [0.4, 0.5) is 0 Å². The molecule has 1 aromatic carbocycles. The third kappa shape index (κ3) is 5.87. The number of β-amino-alcohol motifs (C(OH)–C–C–N with tert-alkyl or cyclic N) is 1. The molecule has 3 heterocycles. The third-order valence-electron chi connectivity index (χ3n) is 9.26. The monoisotopic (exact) mass is 595 g/mol. The molecule has 0 radical (unpaired) electrons. The summed E-state index contributed by atoms with van der Waals surface area (Å²) in [5.74, 6) is -3.22. The number of likely N-dealkylation sites (tertiary alicyclic amines) is 1. The molecule has 3 aliphatic heterocycles. The Morgan fingerprint density at radius 3 is 2.49 bits per heavy atom. The number of aliphatic hydroxyl groups excluding tert-OH is 1. The lowest BCUT2D eigenvalue weighted by Crippen LogP contribution is -2.57. The molecule has 1 spiro atoms. The zero-order chi connectivity index (χ0) is 31.5. The first-order valence-electron chi connectivity index (χ1n) is 15.2. The van der Waals surface area contributed by atoms with E-state index in [9.17, 15) is 24.3 Å². The number of amides is 3. The number of ether oxygens (including phenoxy) is 2. The number of likely N-dealkylation sites (N-methyl/N-ethyl adjacent to an activating group) is 1. The number of rotatable bonds is 14. The Bertz CT molecular complexity index is 1220. The summed E-state index contributed by atoms with van der Waals surface area (Å²) in [7, 11) is 1.68. The summed E-state index contributed by atoms with van der Waals surface area (Å²) < 4.78 is 12.7. The minimum Gasteiger partial charge on any atom is -0.455 e. The molecule has 234 valence electrons. The van der Waals surface area contributed by atoms with Gasteiger partial charge in [0.25, 0.3) is 0 Å². The lowest BCUT2D eigenvalue weighted by atomic mass is 9.70. The second kappa shape index (κ2) is 13.4. The molecular weight excluding hydrogens is 550 g/mol. The summed E-state index contributed by atoms with van der Waals surface area (Å²) in [5, 5.41) is 9.85. The van der Waals surface area contributed by atoms with E-state index in [1.165, 1.54) is 4.90 Å². The van der Waals surface area contributed by atoms with Gasteiger partial charge in [-0.05, 0) is 45.6 Å². The smallest absolute Gasteiger partial charge is 0.313 e. The SMILES string of the molecule is C=CCCC(=O)N(C)[C@H](C)[C@H](OC(=O)[C@@H]1[C@H]2C(=O)N(CCO)[C@H](C(=O)N(CC=C)C(C)C)[C@]23CC[C@H]1O3)c1ccccc1. The average Bonchev–Trinajstić information content (AvgIpc) is 3.64. The molecule has 2 bridgehead atoms. The van der Waals surface area contributed by atoms with Crippen LogP contribution in [0, 0.1) is 11.8 Å². The highest BCUT2D eigenvalue weighted by Gasteiger charge is 2.75. The summed E-state index contributed by atoms with van der Waals surface area (Å²) in [6.07, 6.45) is 3.69. The Morgan fingerprint density at radius 1 is 1.19 bits per heavy atom. The first-order chi connectivity index (χ1) is 20.5. The molecule has 0 aliphatic carbocycles. The molecule has 10 heteroatoms. The fourth-order valence-electron chi connectivity index (χ4n) is 7.02. The Morgan fingerprint density at radius 2 is 1.88 bits per heavy atom. The zero-order valence-electron chi connectivity index (χ0n) is 25.7. The van der Waals surface area contributed by atoms with E-state index in [2.05, 4.69) is 13.2 Å². The van der Waals surface area contributed by atoms with Gasteiger partial charge in [0.1, 0.15) is 17.7 Å². The van der Waals surface area contributed by atoms with Gasteiger partial charge >= 0.3 is 5.97 Å². The largest absolute Gasteiger partial charge is 0.455 e. The topological polar surface area (TPSA) is 117 Å². The van der Waals surface area contributed by atoms with Crippen molar-refractivity contribution < 1.29 is 33.8 Å². The molecule has 1 aromatic rings. The van der Waals surface area contributed by atoms with Crippen LogP contribution >= 0.6 is 0 Å². The summed E-state index contributed by atoms with van der Waals surface area (Å²) >= 11 is 0. The van der Waals surface area contributed by atoms with E-state index >= 15 is 0 Å². The van der Waals surface area contributed by atoms with Crippen molar-refractivity contribution in [3.63, 3.8) is 0 Å². The molecule has 0 unspecified atom stereocenters. The van der Waals surface area contributed by atoms with E-state index in [-0.39, 0.29) is 43.3 Å². The van der Waals surface area contributed by atoms with Crippen LogP contribution in [-0.2, 0) is 28.7 Å². The number of hydrogen-bond acceptors (Lipinski definition) is 7. The predicted molar refractivity (Wildman–Crippen MR) is 160 cm³/mol. The Labute approximate surface area is 254 Å². The van der Waals surface area contributed by atoms with Gasteiger partial charge in [-0.2, -0.15) is 0 Å². The number of fused-ring (bicyclic) bond motifs is 1. The Balaban J connectivity index is 1.66. The average molecular weight is 596 g/mol. The summed E-state index contributed by atoms with van der Waals surface area (Å²) in [5.41, 5.74) is -0.479. The lowest BCUT2D eigenvalue weighted by molar-refractivity contribution is -0.164. The molecule has 7 atom stereocenters. The van der Waals surface area contributed by atoms with Crippen molar-refractivity contribution in [1.82, 2.24) is 14.7 Å². The first-order valence-corrected chi connectivity index (χ1v) is 15.2. The number of hydrogen-bond donors (Lipinski definition) is 1. The van der Waals surface area contributed by atoms with Gasteiger partial charge in [-0.3, -0.25) is 19.2 Å². The van der Waals surface area contributed by atoms with E-state index in [0.29, 0.717) is 25.8 Å². The molecule has 10 nitrogen and oxygen atoms in total. The molecule has 4 rings (SSSR count). The molecular formula is C33H45N3O7. The standard InChI is InChI=1S/C33H45N3O7/c1-7-9-15-25(38)34(6)22(5)28(23-13-11-10-12-14-23)42-32(41)26-24-16-17-33(43-24)27(26)30(39)36(19-20-37)29(33)31(40)35(18-8-2)21(3)4/h7-8,10-14,21-22,24,26-29,37H,1-2,9,15-20H2,3-6H3/t22-,24-,26+,27+,28+,29-,33+/m1/s1. The minimum atomic E-state index is -1.20. The van der Waals surface area contributed by atoms with E-state index in [1.807, 2.05) is 51.1 Å². The number of esters is 1. The number of carbonyl (C=O) groups is 4. The number of nitrogens with zero attached hydrogens (tertiary/aromatic N) is 3. The molecule has 3 aliphatic rings. The highest BCUT2D eigenvalue weighted by atomic mass is 16.6. The number of carbonyl (C=O) groups excluding carboxylic acids is 4. The zero-order valence-corrected chi connectivity index (χ0v) is 25.7. The van der Waals surface area contributed by atoms with Crippen LogP contribution < -0.4 is 0 Å². The van der Waals surface area contributed by atoms with Crippen molar-refractivity contribution in [2.45, 2.75) is 82.4 Å². The Kier molecular flexibility index (Phi) is 10.1. The van der Waals surface area contributed by atoms with E-state index in [1.54, 1.807) is 29.0 Å². The Hall–Kier alpha value is -3.50. The summed E-state index contributed by atoms with van der Waals surface area (Å²) in [4.78, 5) is 59.6. The van der Waals surface area contributed by atoms with Crippen LogP contribution in [0.25, 0.3) is 0 Å². The molecule has 1 N–H and O–H groups in total. The van der Waals surface area contributed by atoms with Gasteiger partial charge in [0, 0.05) is 32.6 Å². The van der Waals surface area contributed by atoms with Crippen molar-refractivity contribution in [3.05, 3.63) is 61.2 Å². The number of allylic oxidation sites excluding steroid dienone is 1. The van der Waals surface area contributed by atoms with Crippen LogP contribution in [0.3, 0.4) is 0 Å². The van der Waals surface area contributed by atoms with E-state index in [4.69, 9.17) is 9.47 Å². The molecule has 3 amide bonds. The van der Waals surface area contributed by atoms with Gasteiger partial charge in [0.05, 0.1) is 30.6 Å². The molecule has 3 saturated heterocycles. The van der Waals surface area contributed by atoms with Crippen molar-refractivity contribution >= 4 is 23.7 Å². The van der Waals surface area contributed by atoms with Crippen LogP contribution in [0.15, 0.2) is 55.6 Å². The predicted octanol–water partition coefficient (Wildman–Crippen LogP) is 2.87. The maximum atomic E-state index is 14.1. The van der Waals surface area contributed by atoms with Gasteiger partial charge in [0.2, 0.25) is 17.7 Å². The van der Waals surface area contributed by atoms with Crippen LogP contribution in [0.2, 0.25) is 0 Å². The second-order valence-corrected chi connectivity index (χ2v) is 12.0. The van der Waals surface area contributed by atoms with Gasteiger partial charge in [-0.15, -0.1) is 13.2 Å². The van der Waals surface area contributed by atoms with Crippen molar-refractivity contribution in [3.8, 4) is 0 Å². The third-order valence-corrected chi connectivity index (χ3v) is 9.26. The summed E-state index contributed by atoms with van der Waals surface area (Å²) in [6.45, 7) is 13.0. The number of benzene rings is 1. The lowest BCUT2D eigenvalue weighted by Gasteiger charge is -2.38. The fourth-order valence-corrected chi connectivity index (χ4v) is 7.02. The van der Waals surface area contributed by atoms with Crippen molar-refractivity contribution in [2.24, 2.45) is 11.8 Å². The number of aliphatic hydroxyl groups is 1. The van der Waals surface area contributed by atoms with Crippen LogP contribution in [0.1, 0.15) is 58.1 Å². The summed E-state index contributed by atoms with van der Waals surface area (Å²) in [6, 6.07) is 7.58. The van der Waals surface area contributed by atoms with Crippen LogP contribution in [0.5, 0.6) is 0 Å². The maximum absolute atomic E-state index is 14.1. The normalized spacial score (nSPS) is 27.0. The van der Waals surface area contributed by atoms with E-state index < -0.39 is 47.7 Å². The second-order valence-electron chi connectivity index (χ2n) is 12.0. The quantitative estimate of drug-likeness (QED) is 0.260. The minimum absolute atomic E-state index is 0.0510. The van der Waals surface area contributed by atoms with E-state index in [0.717, 1.165) is 5.56 Å². The van der Waals surface area contributed by atoms with Crippen molar-refractivity contribution in [2.75, 3.05) is 26.7 Å². The van der Waals surface area contributed by atoms with Gasteiger partial charge in [-0.1, -0.05) is 42.5 Å². The molecule has 0 saturated carbocycles. The highest BCUT2D eigenvalue weighted by molar-refractivity contribution is 5.98. The molecule has 43 heavy (non-hydrogen) atoms. The maximum Gasteiger partial charge on any atom is 0.313 e. The molecule has 3 fully saturated rings. The van der Waals surface area contributed by atoms with Gasteiger partial charge in [-0.25, -0.2) is 0 Å². The highest BCUT2D eigenvalue weighted by Crippen LogP contribution is 2.59. The fraction of sp³-hybridized carbons (Fsp3) is 0.576. The van der Waals surface area contributed by atoms with Crippen molar-refractivity contribution in [1.29, 1.82) is 0 Å². The van der Waals surface area contributed by atoms with Crippen LogP contribution in [-0.4, -0.2) is 100 Å². The molecule has 0 aromatic heterocycles. The van der Waals surface area contributed by atoms with Gasteiger partial charge in [0.15, 0.2) is 0 Å². The first kappa shape index (κ1) is 32.4. The van der Waals surface area contributed by atoms with Gasteiger partial charge < -0.3 is 29.3 Å².